The molecule has 1 amide bonds. The molecule has 2 fully saturated rings. The molecule has 1 aromatic rings. The minimum absolute atomic E-state index is 0.0335. The maximum absolute atomic E-state index is 12.7. The van der Waals surface area contributed by atoms with Gasteiger partial charge in [-0.1, -0.05) is 6.92 Å². The highest BCUT2D eigenvalue weighted by molar-refractivity contribution is 7.89. The number of piperazine rings is 1. The number of carbonyl (C=O) groups excluding carboxylic acids is 1. The molecule has 0 unspecified atom stereocenters. The predicted molar refractivity (Wildman–Crippen MR) is 90.4 cm³/mol. The first kappa shape index (κ1) is 17.8. The van der Waals surface area contributed by atoms with Gasteiger partial charge in [-0.05, 0) is 37.3 Å². The third-order valence-electron chi connectivity index (χ3n) is 5.02. The zero-order valence-corrected chi connectivity index (χ0v) is 14.8. The summed E-state index contributed by atoms with van der Waals surface area (Å²) >= 11 is 0. The van der Waals surface area contributed by atoms with Crippen LogP contribution in [0.3, 0.4) is 0 Å². The smallest absolute Gasteiger partial charge is 0.269 e. The number of benzene rings is 1. The fourth-order valence-electron chi connectivity index (χ4n) is 3.61. The molecule has 0 N–H and O–H groups in total. The van der Waals surface area contributed by atoms with E-state index in [0.29, 0.717) is 12.5 Å². The Labute approximate surface area is 146 Å². The molecule has 1 aliphatic heterocycles. The minimum Gasteiger partial charge on any atom is -0.337 e. The van der Waals surface area contributed by atoms with Crippen LogP contribution in [-0.4, -0.2) is 54.1 Å². The first-order chi connectivity index (χ1) is 11.8. The third kappa shape index (κ3) is 3.52. The van der Waals surface area contributed by atoms with Crippen molar-refractivity contribution in [2.45, 2.75) is 37.1 Å². The molecule has 0 spiro atoms. The molecule has 2 aliphatic rings. The number of amides is 1. The molecule has 0 radical (unpaired) electrons. The molecule has 1 aromatic carbocycles. The normalized spacial score (nSPS) is 25.3. The molecule has 3 rings (SSSR count). The molecule has 1 saturated heterocycles. The molecule has 2 atom stereocenters. The van der Waals surface area contributed by atoms with Gasteiger partial charge in [-0.25, -0.2) is 8.42 Å². The summed E-state index contributed by atoms with van der Waals surface area (Å²) in [6, 6.07) is 4.95. The molecular weight excluding hydrogens is 346 g/mol. The van der Waals surface area contributed by atoms with Crippen LogP contribution in [0.5, 0.6) is 0 Å². The quantitative estimate of drug-likeness (QED) is 0.594. The van der Waals surface area contributed by atoms with Crippen molar-refractivity contribution in [1.82, 2.24) is 9.21 Å². The summed E-state index contributed by atoms with van der Waals surface area (Å²) in [5, 5.41) is 10.7. The first-order valence-electron chi connectivity index (χ1n) is 8.33. The van der Waals surface area contributed by atoms with Gasteiger partial charge < -0.3 is 4.90 Å². The second-order valence-electron chi connectivity index (χ2n) is 6.75. The van der Waals surface area contributed by atoms with Crippen molar-refractivity contribution >= 4 is 21.6 Å². The zero-order valence-electron chi connectivity index (χ0n) is 14.0. The molecule has 25 heavy (non-hydrogen) atoms. The largest absolute Gasteiger partial charge is 0.337 e. The van der Waals surface area contributed by atoms with Crippen molar-refractivity contribution in [3.05, 3.63) is 34.4 Å². The molecule has 1 saturated carbocycles. The van der Waals surface area contributed by atoms with E-state index < -0.39 is 14.9 Å². The fourth-order valence-corrected chi connectivity index (χ4v) is 4.99. The summed E-state index contributed by atoms with van der Waals surface area (Å²) in [7, 11) is -3.83. The van der Waals surface area contributed by atoms with E-state index in [1.54, 1.807) is 0 Å². The molecule has 0 aromatic heterocycles. The predicted octanol–water partition coefficient (Wildman–Crippen LogP) is 1.62. The summed E-state index contributed by atoms with van der Waals surface area (Å²) in [6.07, 6.45) is 3.04. The Balaban J connectivity index is 1.72. The van der Waals surface area contributed by atoms with E-state index in [9.17, 15) is 23.3 Å². The van der Waals surface area contributed by atoms with Crippen molar-refractivity contribution in [1.29, 1.82) is 0 Å². The van der Waals surface area contributed by atoms with Gasteiger partial charge in [-0.3, -0.25) is 14.9 Å². The average molecular weight is 367 g/mol. The summed E-state index contributed by atoms with van der Waals surface area (Å²) in [5.41, 5.74) is -0.171. The van der Waals surface area contributed by atoms with Gasteiger partial charge in [0.15, 0.2) is 0 Å². The van der Waals surface area contributed by atoms with E-state index in [4.69, 9.17) is 0 Å². The fraction of sp³-hybridized carbons (Fsp3) is 0.562. The number of rotatable bonds is 4. The van der Waals surface area contributed by atoms with Crippen molar-refractivity contribution in [3.8, 4) is 0 Å². The minimum atomic E-state index is -3.83. The van der Waals surface area contributed by atoms with Gasteiger partial charge in [0, 0.05) is 31.3 Å². The lowest BCUT2D eigenvalue weighted by atomic mass is 10.1. The van der Waals surface area contributed by atoms with Crippen LogP contribution in [0.15, 0.2) is 29.2 Å². The molecule has 1 heterocycles. The van der Waals surface area contributed by atoms with E-state index >= 15 is 0 Å². The summed E-state index contributed by atoms with van der Waals surface area (Å²) in [4.78, 5) is 24.3. The molecular formula is C16H21N3O5S. The van der Waals surface area contributed by atoms with Crippen molar-refractivity contribution in [2.24, 2.45) is 5.92 Å². The molecule has 1 aliphatic carbocycles. The third-order valence-corrected chi connectivity index (χ3v) is 6.87. The van der Waals surface area contributed by atoms with Gasteiger partial charge in [-0.15, -0.1) is 0 Å². The van der Waals surface area contributed by atoms with Crippen molar-refractivity contribution in [3.63, 3.8) is 0 Å². The van der Waals surface area contributed by atoms with E-state index in [1.807, 2.05) is 4.90 Å². The summed E-state index contributed by atoms with van der Waals surface area (Å²) in [6.45, 7) is 2.63. The van der Waals surface area contributed by atoms with Crippen LogP contribution in [-0.2, 0) is 14.8 Å². The molecule has 8 nitrogen and oxygen atoms in total. The number of nitrogens with zero attached hydrogens (tertiary/aromatic N) is 3. The topological polar surface area (TPSA) is 101 Å². The lowest BCUT2D eigenvalue weighted by molar-refractivity contribution is -0.384. The zero-order chi connectivity index (χ0) is 18.2. The van der Waals surface area contributed by atoms with Crippen molar-refractivity contribution < 1.29 is 18.1 Å². The highest BCUT2D eigenvalue weighted by Crippen LogP contribution is 2.30. The van der Waals surface area contributed by atoms with Gasteiger partial charge in [0.2, 0.25) is 15.9 Å². The van der Waals surface area contributed by atoms with Crippen molar-refractivity contribution in [2.75, 3.05) is 19.6 Å². The molecule has 136 valence electrons. The van der Waals surface area contributed by atoms with Gasteiger partial charge in [0.25, 0.3) is 5.69 Å². The Morgan fingerprint density at radius 2 is 1.84 bits per heavy atom. The Bertz CT molecular complexity index is 777. The van der Waals surface area contributed by atoms with Gasteiger partial charge >= 0.3 is 0 Å². The van der Waals surface area contributed by atoms with Crippen LogP contribution < -0.4 is 0 Å². The summed E-state index contributed by atoms with van der Waals surface area (Å²) < 4.78 is 26.5. The second kappa shape index (κ2) is 6.72. The van der Waals surface area contributed by atoms with E-state index in [-0.39, 0.29) is 35.6 Å². The van der Waals surface area contributed by atoms with E-state index in [2.05, 4.69) is 6.92 Å². The number of hydrogen-bond acceptors (Lipinski definition) is 5. The molecule has 0 bridgehead atoms. The van der Waals surface area contributed by atoms with Crippen LogP contribution in [0, 0.1) is 16.0 Å². The van der Waals surface area contributed by atoms with Gasteiger partial charge in [0.1, 0.15) is 0 Å². The maximum atomic E-state index is 12.7. The molecule has 9 heteroatoms. The number of nitro benzene ring substituents is 1. The van der Waals surface area contributed by atoms with Gasteiger partial charge in [-0.2, -0.15) is 4.31 Å². The Morgan fingerprint density at radius 1 is 1.16 bits per heavy atom. The van der Waals surface area contributed by atoms with Crippen LogP contribution >= 0.6 is 0 Å². The van der Waals surface area contributed by atoms with Crippen LogP contribution in [0.1, 0.15) is 26.2 Å². The van der Waals surface area contributed by atoms with Gasteiger partial charge in [0.05, 0.1) is 16.4 Å². The Morgan fingerprint density at radius 3 is 2.36 bits per heavy atom. The standard InChI is InChI=1S/C16H21N3O5S/c1-12-2-3-14(10-12)18-9-8-17(11-16(18)20)25(23,24)15-6-4-13(5-7-15)19(21)22/h4-7,12,14H,2-3,8-11H2,1H3/t12-,14-/m1/s1. The highest BCUT2D eigenvalue weighted by Gasteiger charge is 2.37. The van der Waals surface area contributed by atoms with E-state index in [0.717, 1.165) is 35.7 Å². The Kier molecular flexibility index (Phi) is 4.79. The first-order valence-corrected chi connectivity index (χ1v) is 9.77. The number of carbonyl (C=O) groups is 1. The lowest BCUT2D eigenvalue weighted by Crippen LogP contribution is -2.54. The number of hydrogen-bond donors (Lipinski definition) is 0. The lowest BCUT2D eigenvalue weighted by Gasteiger charge is -2.37. The van der Waals surface area contributed by atoms with Crippen LogP contribution in [0.2, 0.25) is 0 Å². The van der Waals surface area contributed by atoms with E-state index in [1.165, 1.54) is 12.1 Å². The van der Waals surface area contributed by atoms with Crippen LogP contribution in [0.25, 0.3) is 0 Å². The highest BCUT2D eigenvalue weighted by atomic mass is 32.2. The number of nitro groups is 1. The average Bonchev–Trinajstić information content (AvgIpc) is 3.01. The Hall–Kier alpha value is -2.00. The maximum Gasteiger partial charge on any atom is 0.269 e. The monoisotopic (exact) mass is 367 g/mol. The van der Waals surface area contributed by atoms with Crippen LogP contribution in [0.4, 0.5) is 5.69 Å². The number of non-ortho nitro benzene ring substituents is 1. The second-order valence-corrected chi connectivity index (χ2v) is 8.69. The summed E-state index contributed by atoms with van der Waals surface area (Å²) in [5.74, 6) is 0.426. The number of sulfonamides is 1. The SMILES string of the molecule is C[C@@H]1CC[C@@H](N2CCN(S(=O)(=O)c3ccc([N+](=O)[O-])cc3)CC2=O)C1.